The molecule has 0 unspecified atom stereocenters. The summed E-state index contributed by atoms with van der Waals surface area (Å²) in [7, 11) is 1.43. The maximum Gasteiger partial charge on any atom is 0.306 e. The highest BCUT2D eigenvalue weighted by Gasteiger charge is 2.17. The van der Waals surface area contributed by atoms with Crippen LogP contribution in [0.25, 0.3) is 0 Å². The standard InChI is InChI=1S/C28H57N3O10/c1-33-28(32)4-6-30-7-9-31(10-8-30)11-13-35-15-17-37-19-21-39-23-25-41-27-26-40-24-22-38-20-18-36-16-14-34-12-3-2-5-29/h2-27,29H2,1H3. The summed E-state index contributed by atoms with van der Waals surface area (Å²) in [6.07, 6.45) is 2.45. The van der Waals surface area contributed by atoms with E-state index in [0.717, 1.165) is 58.7 Å². The van der Waals surface area contributed by atoms with Crippen LogP contribution >= 0.6 is 0 Å². The second-order valence-corrected chi connectivity index (χ2v) is 9.40. The number of piperazine rings is 1. The Bertz CT molecular complexity index is 557. The van der Waals surface area contributed by atoms with Crippen molar-refractivity contribution in [2.24, 2.45) is 5.73 Å². The van der Waals surface area contributed by atoms with E-state index in [1.54, 1.807) is 0 Å². The van der Waals surface area contributed by atoms with Crippen LogP contribution in [-0.4, -0.2) is 174 Å². The largest absolute Gasteiger partial charge is 0.469 e. The molecule has 0 aromatic rings. The second-order valence-electron chi connectivity index (χ2n) is 9.40. The highest BCUT2D eigenvalue weighted by molar-refractivity contribution is 5.69. The monoisotopic (exact) mass is 595 g/mol. The van der Waals surface area contributed by atoms with Gasteiger partial charge in [0.2, 0.25) is 0 Å². The van der Waals surface area contributed by atoms with E-state index < -0.39 is 0 Å². The number of nitrogens with zero attached hydrogens (tertiary/aromatic N) is 2. The van der Waals surface area contributed by atoms with Gasteiger partial charge in [-0.05, 0) is 19.4 Å². The molecule has 0 amide bonds. The predicted octanol–water partition coefficient (Wildman–Crippen LogP) is 0.0388. The van der Waals surface area contributed by atoms with Crippen LogP contribution in [0.3, 0.4) is 0 Å². The van der Waals surface area contributed by atoms with Crippen molar-refractivity contribution in [2.75, 3.05) is 159 Å². The molecule has 0 radical (unpaired) electrons. The summed E-state index contributed by atoms with van der Waals surface area (Å²) < 4.78 is 48.7. The Balaban J connectivity index is 1.67. The second kappa shape index (κ2) is 30.5. The smallest absolute Gasteiger partial charge is 0.306 e. The lowest BCUT2D eigenvalue weighted by Crippen LogP contribution is -2.47. The van der Waals surface area contributed by atoms with Crippen molar-refractivity contribution in [1.82, 2.24) is 9.80 Å². The molecule has 1 saturated heterocycles. The zero-order valence-electron chi connectivity index (χ0n) is 25.4. The summed E-state index contributed by atoms with van der Waals surface area (Å²) in [5.74, 6) is -0.148. The van der Waals surface area contributed by atoms with E-state index >= 15 is 0 Å². The predicted molar refractivity (Wildman–Crippen MR) is 154 cm³/mol. The summed E-state index contributed by atoms with van der Waals surface area (Å²) >= 11 is 0. The van der Waals surface area contributed by atoms with Crippen molar-refractivity contribution in [3.05, 3.63) is 0 Å². The van der Waals surface area contributed by atoms with E-state index in [1.165, 1.54) is 7.11 Å². The lowest BCUT2D eigenvalue weighted by atomic mass is 10.3. The van der Waals surface area contributed by atoms with Gasteiger partial charge in [0.15, 0.2) is 0 Å². The number of carbonyl (C=O) groups is 1. The zero-order valence-corrected chi connectivity index (χ0v) is 25.4. The number of nitrogens with two attached hydrogens (primary N) is 1. The third kappa shape index (κ3) is 26.4. The first-order valence-corrected chi connectivity index (χ1v) is 15.1. The minimum atomic E-state index is -0.148. The first kappa shape index (κ1) is 38.1. The maximum absolute atomic E-state index is 11.2. The van der Waals surface area contributed by atoms with Gasteiger partial charge in [0.1, 0.15) is 0 Å². The molecule has 0 saturated carbocycles. The van der Waals surface area contributed by atoms with Gasteiger partial charge < -0.3 is 53.3 Å². The van der Waals surface area contributed by atoms with E-state index in [0.29, 0.717) is 112 Å². The minimum Gasteiger partial charge on any atom is -0.469 e. The molecule has 1 rings (SSSR count). The van der Waals surface area contributed by atoms with E-state index in [4.69, 9.17) is 48.4 Å². The number of hydrogen-bond acceptors (Lipinski definition) is 13. The molecule has 1 aliphatic heterocycles. The molecule has 244 valence electrons. The van der Waals surface area contributed by atoms with Crippen molar-refractivity contribution < 1.29 is 47.4 Å². The molecule has 1 aliphatic rings. The molecule has 2 N–H and O–H groups in total. The number of methoxy groups -OCH3 is 1. The summed E-state index contributed by atoms with van der Waals surface area (Å²) in [6, 6.07) is 0. The molecule has 41 heavy (non-hydrogen) atoms. The quantitative estimate of drug-likeness (QED) is 0.0855. The SMILES string of the molecule is COC(=O)CCN1CCN(CCOCCOCCOCCOCCOCCOCCOCCOCCCCN)CC1. The fourth-order valence-corrected chi connectivity index (χ4v) is 3.77. The van der Waals surface area contributed by atoms with Gasteiger partial charge in [-0.25, -0.2) is 0 Å². The van der Waals surface area contributed by atoms with Crippen LogP contribution in [0.2, 0.25) is 0 Å². The molecule has 0 bridgehead atoms. The van der Waals surface area contributed by atoms with Crippen LogP contribution in [0.1, 0.15) is 19.3 Å². The highest BCUT2D eigenvalue weighted by Crippen LogP contribution is 2.03. The van der Waals surface area contributed by atoms with Crippen LogP contribution < -0.4 is 5.73 Å². The van der Waals surface area contributed by atoms with Gasteiger partial charge in [0.05, 0.1) is 113 Å². The first-order chi connectivity index (χ1) is 20.3. The average Bonchev–Trinajstić information content (AvgIpc) is 3.00. The number of carbonyl (C=O) groups excluding carboxylic acids is 1. The van der Waals surface area contributed by atoms with E-state index in [2.05, 4.69) is 9.80 Å². The normalized spacial score (nSPS) is 14.6. The van der Waals surface area contributed by atoms with Gasteiger partial charge in [-0.15, -0.1) is 0 Å². The molecule has 13 heteroatoms. The van der Waals surface area contributed by atoms with E-state index in [1.807, 2.05) is 0 Å². The lowest BCUT2D eigenvalue weighted by Gasteiger charge is -2.34. The van der Waals surface area contributed by atoms with Gasteiger partial charge >= 0.3 is 5.97 Å². The Kier molecular flexibility index (Phi) is 28.3. The summed E-state index contributed by atoms with van der Waals surface area (Å²) in [4.78, 5) is 15.9. The topological polar surface area (TPSA) is 133 Å². The maximum atomic E-state index is 11.2. The third-order valence-electron chi connectivity index (χ3n) is 6.22. The molecule has 0 atom stereocenters. The van der Waals surface area contributed by atoms with E-state index in [9.17, 15) is 4.79 Å². The van der Waals surface area contributed by atoms with Gasteiger partial charge in [-0.2, -0.15) is 0 Å². The number of unbranched alkanes of at least 4 members (excludes halogenated alkanes) is 1. The van der Waals surface area contributed by atoms with Crippen LogP contribution in [0.15, 0.2) is 0 Å². The molecule has 0 aromatic carbocycles. The van der Waals surface area contributed by atoms with Crippen molar-refractivity contribution >= 4 is 5.97 Å². The van der Waals surface area contributed by atoms with Crippen LogP contribution in [0, 0.1) is 0 Å². The van der Waals surface area contributed by atoms with Crippen molar-refractivity contribution in [3.63, 3.8) is 0 Å². The van der Waals surface area contributed by atoms with Crippen LogP contribution in [0.4, 0.5) is 0 Å². The Morgan fingerprint density at radius 3 is 1.22 bits per heavy atom. The van der Waals surface area contributed by atoms with Gasteiger partial charge in [-0.3, -0.25) is 9.69 Å². The highest BCUT2D eigenvalue weighted by atomic mass is 16.6. The first-order valence-electron chi connectivity index (χ1n) is 15.1. The Morgan fingerprint density at radius 2 is 0.854 bits per heavy atom. The lowest BCUT2D eigenvalue weighted by molar-refractivity contribution is -0.141. The number of ether oxygens (including phenoxy) is 9. The van der Waals surface area contributed by atoms with Crippen LogP contribution in [0.5, 0.6) is 0 Å². The summed E-state index contributed by atoms with van der Waals surface area (Å²) in [6.45, 7) is 15.4. The summed E-state index contributed by atoms with van der Waals surface area (Å²) in [5.41, 5.74) is 5.43. The third-order valence-corrected chi connectivity index (χ3v) is 6.22. The van der Waals surface area contributed by atoms with Crippen molar-refractivity contribution in [1.29, 1.82) is 0 Å². The number of hydrogen-bond donors (Lipinski definition) is 1. The molecule has 0 aliphatic carbocycles. The fraction of sp³-hybridized carbons (Fsp3) is 0.964. The average molecular weight is 596 g/mol. The number of rotatable bonds is 31. The Hall–Kier alpha value is -0.970. The fourth-order valence-electron chi connectivity index (χ4n) is 3.77. The molecular formula is C28H57N3O10. The zero-order chi connectivity index (χ0) is 29.5. The minimum absolute atomic E-state index is 0.148. The summed E-state index contributed by atoms with van der Waals surface area (Å²) in [5, 5.41) is 0. The van der Waals surface area contributed by atoms with Crippen LogP contribution in [-0.2, 0) is 47.4 Å². The molecular weight excluding hydrogens is 538 g/mol. The van der Waals surface area contributed by atoms with Gasteiger partial charge in [0.25, 0.3) is 0 Å². The Labute approximate surface area is 247 Å². The van der Waals surface area contributed by atoms with E-state index in [-0.39, 0.29) is 5.97 Å². The number of esters is 1. The molecule has 1 heterocycles. The molecule has 0 spiro atoms. The Morgan fingerprint density at radius 1 is 0.512 bits per heavy atom. The molecule has 13 nitrogen and oxygen atoms in total. The molecule has 1 fully saturated rings. The van der Waals surface area contributed by atoms with Gasteiger partial charge in [0, 0.05) is 45.9 Å². The van der Waals surface area contributed by atoms with Crippen molar-refractivity contribution in [2.45, 2.75) is 19.3 Å². The van der Waals surface area contributed by atoms with Gasteiger partial charge in [-0.1, -0.05) is 0 Å². The molecule has 0 aromatic heterocycles. The van der Waals surface area contributed by atoms with Crippen molar-refractivity contribution in [3.8, 4) is 0 Å².